The number of sulfonamides is 1. The Morgan fingerprint density at radius 2 is 1.79 bits per heavy atom. The molecular formula is C21H28N2O5S. The van der Waals surface area contributed by atoms with E-state index in [-0.39, 0.29) is 11.9 Å². The Balaban J connectivity index is 2.35. The maximum atomic E-state index is 13.1. The molecule has 1 N–H and O–H groups in total. The molecule has 0 spiro atoms. The Hall–Kier alpha value is -2.74. The number of anilines is 1. The molecule has 0 radical (unpaired) electrons. The van der Waals surface area contributed by atoms with Gasteiger partial charge in [-0.15, -0.1) is 0 Å². The van der Waals surface area contributed by atoms with Gasteiger partial charge in [-0.05, 0) is 31.5 Å². The minimum atomic E-state index is -3.72. The lowest BCUT2D eigenvalue weighted by Crippen LogP contribution is -2.49. The molecule has 2 atom stereocenters. The molecular weight excluding hydrogens is 392 g/mol. The highest BCUT2D eigenvalue weighted by atomic mass is 32.2. The summed E-state index contributed by atoms with van der Waals surface area (Å²) in [4.78, 5) is 13.1. The Labute approximate surface area is 172 Å². The van der Waals surface area contributed by atoms with Crippen LogP contribution >= 0.6 is 0 Å². The fourth-order valence-electron chi connectivity index (χ4n) is 3.22. The highest BCUT2D eigenvalue weighted by Gasteiger charge is 2.32. The molecule has 7 nitrogen and oxygen atoms in total. The first kappa shape index (κ1) is 22.5. The van der Waals surface area contributed by atoms with Crippen molar-refractivity contribution in [2.45, 2.75) is 32.4 Å². The van der Waals surface area contributed by atoms with Crippen LogP contribution in [-0.2, 0) is 14.8 Å². The smallest absolute Gasteiger partial charge is 0.244 e. The van der Waals surface area contributed by atoms with E-state index >= 15 is 0 Å². The van der Waals surface area contributed by atoms with Crippen LogP contribution in [0.25, 0.3) is 0 Å². The van der Waals surface area contributed by atoms with Gasteiger partial charge in [-0.25, -0.2) is 8.42 Å². The van der Waals surface area contributed by atoms with Crippen molar-refractivity contribution in [2.24, 2.45) is 0 Å². The number of benzene rings is 2. The molecule has 2 aromatic rings. The zero-order valence-electron chi connectivity index (χ0n) is 17.4. The summed E-state index contributed by atoms with van der Waals surface area (Å²) >= 11 is 0. The average Bonchev–Trinajstić information content (AvgIpc) is 2.70. The van der Waals surface area contributed by atoms with Gasteiger partial charge in [0, 0.05) is 11.6 Å². The summed E-state index contributed by atoms with van der Waals surface area (Å²) in [5, 5.41) is 2.92. The molecule has 29 heavy (non-hydrogen) atoms. The largest absolute Gasteiger partial charge is 0.497 e. The lowest BCUT2D eigenvalue weighted by molar-refractivity contribution is -0.122. The first-order chi connectivity index (χ1) is 13.7. The second kappa shape index (κ2) is 9.65. The highest BCUT2D eigenvalue weighted by Crippen LogP contribution is 2.28. The summed E-state index contributed by atoms with van der Waals surface area (Å²) in [6.07, 6.45) is 1.39. The maximum absolute atomic E-state index is 13.1. The molecule has 1 amide bonds. The zero-order valence-corrected chi connectivity index (χ0v) is 18.2. The summed E-state index contributed by atoms with van der Waals surface area (Å²) in [5.41, 5.74) is 1.18. The quantitative estimate of drug-likeness (QED) is 0.674. The molecule has 158 valence electrons. The predicted molar refractivity (Wildman–Crippen MR) is 114 cm³/mol. The molecule has 0 bridgehead atoms. The molecule has 2 aromatic carbocycles. The Morgan fingerprint density at radius 1 is 1.10 bits per heavy atom. The molecule has 0 aliphatic rings. The molecule has 2 rings (SSSR count). The van der Waals surface area contributed by atoms with E-state index < -0.39 is 16.1 Å². The van der Waals surface area contributed by atoms with E-state index in [2.05, 4.69) is 5.32 Å². The molecule has 0 aromatic heterocycles. The van der Waals surface area contributed by atoms with Gasteiger partial charge in [0.05, 0.1) is 32.2 Å². The van der Waals surface area contributed by atoms with Gasteiger partial charge in [0.2, 0.25) is 15.9 Å². The van der Waals surface area contributed by atoms with Crippen LogP contribution in [0.1, 0.15) is 31.9 Å². The van der Waals surface area contributed by atoms with E-state index in [9.17, 15) is 13.2 Å². The number of rotatable bonds is 9. The number of para-hydroxylation sites is 1. The maximum Gasteiger partial charge on any atom is 0.244 e. The van der Waals surface area contributed by atoms with Gasteiger partial charge in [-0.2, -0.15) is 0 Å². The number of ether oxygens (including phenoxy) is 2. The fraction of sp³-hybridized carbons (Fsp3) is 0.381. The fourth-order valence-corrected chi connectivity index (χ4v) is 4.42. The summed E-state index contributed by atoms with van der Waals surface area (Å²) < 4.78 is 36.9. The first-order valence-electron chi connectivity index (χ1n) is 9.29. The third-order valence-corrected chi connectivity index (χ3v) is 5.78. The third-order valence-electron chi connectivity index (χ3n) is 4.60. The number of nitrogens with one attached hydrogen (secondary N) is 1. The van der Waals surface area contributed by atoms with Crippen LogP contribution in [0.2, 0.25) is 0 Å². The Morgan fingerprint density at radius 3 is 2.38 bits per heavy atom. The summed E-state index contributed by atoms with van der Waals surface area (Å²) in [7, 11) is -0.652. The number of carbonyl (C=O) groups excluding carboxylic acids is 1. The number of methoxy groups -OCH3 is 2. The highest BCUT2D eigenvalue weighted by molar-refractivity contribution is 7.92. The van der Waals surface area contributed by atoms with Gasteiger partial charge in [0.25, 0.3) is 0 Å². The second-order valence-electron chi connectivity index (χ2n) is 6.66. The number of amides is 1. The van der Waals surface area contributed by atoms with Gasteiger partial charge in [0.15, 0.2) is 0 Å². The summed E-state index contributed by atoms with van der Waals surface area (Å²) in [5.74, 6) is 0.772. The lowest BCUT2D eigenvalue weighted by atomic mass is 10.1. The predicted octanol–water partition coefficient (Wildman–Crippen LogP) is 3.13. The minimum absolute atomic E-state index is 0.300. The molecule has 0 unspecified atom stereocenters. The average molecular weight is 421 g/mol. The summed E-state index contributed by atoms with van der Waals surface area (Å²) in [6.45, 7) is 3.61. The van der Waals surface area contributed by atoms with Gasteiger partial charge in [0.1, 0.15) is 17.5 Å². The van der Waals surface area contributed by atoms with Gasteiger partial charge >= 0.3 is 0 Å². The van der Waals surface area contributed by atoms with Crippen molar-refractivity contribution in [3.05, 3.63) is 54.1 Å². The normalized spacial score (nSPS) is 13.3. The lowest BCUT2D eigenvalue weighted by Gasteiger charge is -2.31. The standard InChI is InChI=1S/C21H28N2O5S/c1-6-19(21(24)22-15(2)18-12-7-8-13-20(18)28-4)23(29(5,25)26)16-10-9-11-17(14-16)27-3/h7-15,19H,6H2,1-5H3,(H,22,24)/t15-,19-/m1/s1. The van der Waals surface area contributed by atoms with Gasteiger partial charge in [-0.1, -0.05) is 31.2 Å². The number of nitrogens with zero attached hydrogens (tertiary/aromatic N) is 1. The second-order valence-corrected chi connectivity index (χ2v) is 8.52. The van der Waals surface area contributed by atoms with Crippen molar-refractivity contribution in [1.29, 1.82) is 0 Å². The first-order valence-corrected chi connectivity index (χ1v) is 11.1. The van der Waals surface area contributed by atoms with E-state index in [1.165, 1.54) is 7.11 Å². The number of hydrogen-bond donors (Lipinski definition) is 1. The van der Waals surface area contributed by atoms with Crippen molar-refractivity contribution in [2.75, 3.05) is 24.8 Å². The van der Waals surface area contributed by atoms with Crippen LogP contribution in [0.15, 0.2) is 48.5 Å². The van der Waals surface area contributed by atoms with E-state index in [0.717, 1.165) is 16.1 Å². The molecule has 8 heteroatoms. The molecule has 0 saturated heterocycles. The molecule has 0 heterocycles. The monoisotopic (exact) mass is 420 g/mol. The summed E-state index contributed by atoms with van der Waals surface area (Å²) in [6, 6.07) is 12.8. The van der Waals surface area contributed by atoms with E-state index in [0.29, 0.717) is 23.6 Å². The number of carbonyl (C=O) groups is 1. The molecule has 0 aliphatic heterocycles. The van der Waals surface area contributed by atoms with Crippen molar-refractivity contribution < 1.29 is 22.7 Å². The molecule has 0 saturated carbocycles. The number of hydrogen-bond acceptors (Lipinski definition) is 5. The van der Waals surface area contributed by atoms with E-state index in [1.54, 1.807) is 38.3 Å². The van der Waals surface area contributed by atoms with E-state index in [4.69, 9.17) is 9.47 Å². The van der Waals surface area contributed by atoms with Crippen LogP contribution in [-0.4, -0.2) is 40.8 Å². The van der Waals surface area contributed by atoms with Crippen LogP contribution < -0.4 is 19.1 Å². The van der Waals surface area contributed by atoms with Crippen LogP contribution in [0.3, 0.4) is 0 Å². The van der Waals surface area contributed by atoms with Crippen LogP contribution in [0, 0.1) is 0 Å². The zero-order chi connectivity index (χ0) is 21.6. The van der Waals surface area contributed by atoms with Crippen molar-refractivity contribution in [1.82, 2.24) is 5.32 Å². The third kappa shape index (κ3) is 5.41. The Bertz CT molecular complexity index is 946. The van der Waals surface area contributed by atoms with Crippen molar-refractivity contribution >= 4 is 21.6 Å². The SMILES string of the molecule is CC[C@H](C(=O)N[C@H](C)c1ccccc1OC)N(c1cccc(OC)c1)S(C)(=O)=O. The Kier molecular flexibility index (Phi) is 7.50. The van der Waals surface area contributed by atoms with E-state index in [1.807, 2.05) is 31.2 Å². The minimum Gasteiger partial charge on any atom is -0.497 e. The van der Waals surface area contributed by atoms with Crippen molar-refractivity contribution in [3.8, 4) is 11.5 Å². The van der Waals surface area contributed by atoms with Crippen LogP contribution in [0.4, 0.5) is 5.69 Å². The molecule has 0 fully saturated rings. The van der Waals surface area contributed by atoms with Crippen molar-refractivity contribution in [3.63, 3.8) is 0 Å². The van der Waals surface area contributed by atoms with Gasteiger partial charge < -0.3 is 14.8 Å². The molecule has 0 aliphatic carbocycles. The van der Waals surface area contributed by atoms with Crippen LogP contribution in [0.5, 0.6) is 11.5 Å². The topological polar surface area (TPSA) is 84.9 Å². The van der Waals surface area contributed by atoms with Gasteiger partial charge in [-0.3, -0.25) is 9.10 Å².